The second kappa shape index (κ2) is 6.67. The van der Waals surface area contributed by atoms with Crippen molar-refractivity contribution < 1.29 is 13.2 Å². The first-order valence-corrected chi connectivity index (χ1v) is 7.23. The van der Waals surface area contributed by atoms with Crippen molar-refractivity contribution in [2.45, 2.75) is 18.7 Å². The summed E-state index contributed by atoms with van der Waals surface area (Å²) in [6.07, 6.45) is 1.21. The molecule has 0 atom stereocenters. The predicted octanol–water partition coefficient (Wildman–Crippen LogP) is 0.422. The number of sulfonamides is 1. The maximum Gasteiger partial charge on any atom is 0.247 e. The van der Waals surface area contributed by atoms with Gasteiger partial charge in [-0.05, 0) is 13.0 Å². The fraction of sp³-hybridized carbons (Fsp3) is 0.545. The fourth-order valence-corrected chi connectivity index (χ4v) is 2.87. The molecule has 1 heterocycles. The van der Waals surface area contributed by atoms with Crippen LogP contribution in [0.3, 0.4) is 0 Å². The summed E-state index contributed by atoms with van der Waals surface area (Å²) in [5, 5.41) is 0. The van der Waals surface area contributed by atoms with E-state index in [0.29, 0.717) is 26.3 Å². The average Bonchev–Trinajstić information content (AvgIpc) is 2.35. The first-order chi connectivity index (χ1) is 8.52. The van der Waals surface area contributed by atoms with Gasteiger partial charge in [-0.15, -0.1) is 0 Å². The number of nitrogens with zero attached hydrogens (tertiary/aromatic N) is 1. The Morgan fingerprint density at radius 2 is 2.06 bits per heavy atom. The van der Waals surface area contributed by atoms with E-state index in [1.165, 1.54) is 22.6 Å². The summed E-state index contributed by atoms with van der Waals surface area (Å²) < 4.78 is 30.9. The minimum Gasteiger partial charge on any atom is -0.380 e. The van der Waals surface area contributed by atoms with E-state index in [1.807, 2.05) is 6.92 Å². The number of aromatic amines is 1. The molecule has 0 aliphatic heterocycles. The third kappa shape index (κ3) is 3.66. The van der Waals surface area contributed by atoms with Crippen molar-refractivity contribution in [1.82, 2.24) is 9.29 Å². The number of likely N-dealkylation sites (N-methyl/N-ethyl adjacent to an activating group) is 1. The molecular formula is C11H18N2O4S. The molecule has 1 N–H and O–H groups in total. The van der Waals surface area contributed by atoms with Crippen molar-refractivity contribution >= 4 is 10.0 Å². The summed E-state index contributed by atoms with van der Waals surface area (Å²) in [6.45, 7) is 5.17. The molecule has 0 aliphatic rings. The zero-order valence-corrected chi connectivity index (χ0v) is 11.4. The van der Waals surface area contributed by atoms with Crippen molar-refractivity contribution in [2.24, 2.45) is 0 Å². The number of hydrogen-bond donors (Lipinski definition) is 1. The maximum atomic E-state index is 12.2. The van der Waals surface area contributed by atoms with Crippen molar-refractivity contribution in [3.8, 4) is 0 Å². The number of nitrogens with one attached hydrogen (secondary N) is 1. The number of aromatic nitrogens is 1. The molecule has 18 heavy (non-hydrogen) atoms. The molecule has 0 bridgehead atoms. The smallest absolute Gasteiger partial charge is 0.247 e. The Kier molecular flexibility index (Phi) is 5.52. The van der Waals surface area contributed by atoms with Crippen LogP contribution in [-0.4, -0.2) is 44.0 Å². The van der Waals surface area contributed by atoms with E-state index >= 15 is 0 Å². The SMILES string of the molecule is CCOCCN(CC)S(=O)(=O)c1ccc(=O)[nH]c1. The first-order valence-electron chi connectivity index (χ1n) is 5.79. The summed E-state index contributed by atoms with van der Waals surface area (Å²) in [4.78, 5) is 13.4. The van der Waals surface area contributed by atoms with Crippen molar-refractivity contribution in [3.05, 3.63) is 28.7 Å². The van der Waals surface area contributed by atoms with Crippen LogP contribution >= 0.6 is 0 Å². The van der Waals surface area contributed by atoms with Crippen LogP contribution in [0, 0.1) is 0 Å². The minimum absolute atomic E-state index is 0.0837. The monoisotopic (exact) mass is 274 g/mol. The number of rotatable bonds is 7. The second-order valence-electron chi connectivity index (χ2n) is 3.58. The van der Waals surface area contributed by atoms with E-state index in [0.717, 1.165) is 0 Å². The molecule has 0 aliphatic carbocycles. The lowest BCUT2D eigenvalue weighted by Crippen LogP contribution is -2.34. The topological polar surface area (TPSA) is 79.5 Å². The second-order valence-corrected chi connectivity index (χ2v) is 5.52. The molecule has 0 amide bonds. The third-order valence-electron chi connectivity index (χ3n) is 2.44. The van der Waals surface area contributed by atoms with Crippen molar-refractivity contribution in [1.29, 1.82) is 0 Å². The Morgan fingerprint density at radius 1 is 1.33 bits per heavy atom. The molecule has 102 valence electrons. The molecule has 6 nitrogen and oxygen atoms in total. The Hall–Kier alpha value is -1.18. The van der Waals surface area contributed by atoms with Gasteiger partial charge in [-0.2, -0.15) is 4.31 Å². The van der Waals surface area contributed by atoms with Crippen LogP contribution in [0.1, 0.15) is 13.8 Å². The van der Waals surface area contributed by atoms with Crippen molar-refractivity contribution in [3.63, 3.8) is 0 Å². The Morgan fingerprint density at radius 3 is 2.56 bits per heavy atom. The van der Waals surface area contributed by atoms with E-state index in [2.05, 4.69) is 4.98 Å². The molecule has 1 aromatic heterocycles. The lowest BCUT2D eigenvalue weighted by molar-refractivity contribution is 0.135. The summed E-state index contributed by atoms with van der Waals surface area (Å²) in [6, 6.07) is 2.50. The Labute approximate surface area is 107 Å². The van der Waals surface area contributed by atoms with Gasteiger partial charge in [0.15, 0.2) is 0 Å². The predicted molar refractivity (Wildman–Crippen MR) is 68.0 cm³/mol. The van der Waals surface area contributed by atoms with Crippen LogP contribution in [0.5, 0.6) is 0 Å². The highest BCUT2D eigenvalue weighted by molar-refractivity contribution is 7.89. The third-order valence-corrected chi connectivity index (χ3v) is 4.41. The molecule has 7 heteroatoms. The van der Waals surface area contributed by atoms with Gasteiger partial charge in [-0.25, -0.2) is 8.42 Å². The molecule has 0 saturated heterocycles. The lowest BCUT2D eigenvalue weighted by atomic mass is 10.5. The Balaban J connectivity index is 2.88. The van der Waals surface area contributed by atoms with Crippen LogP contribution in [-0.2, 0) is 14.8 Å². The van der Waals surface area contributed by atoms with Crippen LogP contribution in [0.2, 0.25) is 0 Å². The summed E-state index contributed by atoms with van der Waals surface area (Å²) in [5.74, 6) is 0. The van der Waals surface area contributed by atoms with Gasteiger partial charge >= 0.3 is 0 Å². The summed E-state index contributed by atoms with van der Waals surface area (Å²) in [7, 11) is -3.57. The van der Waals surface area contributed by atoms with Gasteiger partial charge in [0.1, 0.15) is 0 Å². The first kappa shape index (κ1) is 14.9. The number of H-pyrrole nitrogens is 1. The van der Waals surface area contributed by atoms with E-state index in [-0.39, 0.29) is 10.5 Å². The van der Waals surface area contributed by atoms with E-state index in [9.17, 15) is 13.2 Å². The average molecular weight is 274 g/mol. The Bertz CT molecular complexity index is 504. The molecule has 1 rings (SSSR count). The largest absolute Gasteiger partial charge is 0.380 e. The number of hydrogen-bond acceptors (Lipinski definition) is 4. The number of ether oxygens (including phenoxy) is 1. The highest BCUT2D eigenvalue weighted by Gasteiger charge is 2.22. The van der Waals surface area contributed by atoms with Gasteiger partial charge in [0.25, 0.3) is 0 Å². The highest BCUT2D eigenvalue weighted by atomic mass is 32.2. The van der Waals surface area contributed by atoms with Crippen molar-refractivity contribution in [2.75, 3.05) is 26.3 Å². The van der Waals surface area contributed by atoms with E-state index in [4.69, 9.17) is 4.74 Å². The molecule has 0 radical (unpaired) electrons. The summed E-state index contributed by atoms with van der Waals surface area (Å²) >= 11 is 0. The lowest BCUT2D eigenvalue weighted by Gasteiger charge is -2.20. The molecule has 1 aromatic rings. The quantitative estimate of drug-likeness (QED) is 0.731. The molecule has 0 unspecified atom stereocenters. The van der Waals surface area contributed by atoms with Gasteiger partial charge in [-0.3, -0.25) is 4.79 Å². The van der Waals surface area contributed by atoms with E-state index < -0.39 is 10.0 Å². The normalized spacial score (nSPS) is 11.9. The molecule has 0 aromatic carbocycles. The zero-order valence-electron chi connectivity index (χ0n) is 10.5. The standard InChI is InChI=1S/C11H18N2O4S/c1-3-13(7-8-17-4-2)18(15,16)10-5-6-11(14)12-9-10/h5-6,9H,3-4,7-8H2,1-2H3,(H,12,14). The summed E-state index contributed by atoms with van der Waals surface area (Å²) in [5.41, 5.74) is -0.327. The van der Waals surface area contributed by atoms with E-state index in [1.54, 1.807) is 6.92 Å². The van der Waals surface area contributed by atoms with Gasteiger partial charge in [0, 0.05) is 32.0 Å². The maximum absolute atomic E-state index is 12.2. The zero-order chi connectivity index (χ0) is 13.6. The number of pyridine rings is 1. The highest BCUT2D eigenvalue weighted by Crippen LogP contribution is 2.12. The van der Waals surface area contributed by atoms with Crippen LogP contribution in [0.25, 0.3) is 0 Å². The van der Waals surface area contributed by atoms with Gasteiger partial charge in [0.05, 0.1) is 11.5 Å². The van der Waals surface area contributed by atoms with Gasteiger partial charge in [0.2, 0.25) is 15.6 Å². The molecular weight excluding hydrogens is 256 g/mol. The molecule has 0 spiro atoms. The van der Waals surface area contributed by atoms with Crippen LogP contribution in [0.15, 0.2) is 28.0 Å². The van der Waals surface area contributed by atoms with Gasteiger partial charge < -0.3 is 9.72 Å². The van der Waals surface area contributed by atoms with Crippen LogP contribution in [0.4, 0.5) is 0 Å². The van der Waals surface area contributed by atoms with Gasteiger partial charge in [-0.1, -0.05) is 6.92 Å². The molecule has 0 saturated carbocycles. The molecule has 0 fully saturated rings. The minimum atomic E-state index is -3.57. The van der Waals surface area contributed by atoms with Crippen LogP contribution < -0.4 is 5.56 Å². The fourth-order valence-electron chi connectivity index (χ4n) is 1.46.